The molecule has 30 heavy (non-hydrogen) atoms. The molecule has 1 N–H and O–H groups in total. The highest BCUT2D eigenvalue weighted by molar-refractivity contribution is 9.10. The van der Waals surface area contributed by atoms with Crippen LogP contribution in [0.5, 0.6) is 0 Å². The number of nitriles is 1. The molecule has 10 heteroatoms. The Morgan fingerprint density at radius 1 is 1.37 bits per heavy atom. The molecular weight excluding hydrogens is 465 g/mol. The van der Waals surface area contributed by atoms with Gasteiger partial charge in [0.2, 0.25) is 5.91 Å². The van der Waals surface area contributed by atoms with Crippen LogP contribution >= 0.6 is 15.9 Å². The van der Waals surface area contributed by atoms with Crippen molar-refractivity contribution in [2.45, 2.75) is 31.9 Å². The smallest absolute Gasteiger partial charge is 0.268 e. The zero-order valence-electron chi connectivity index (χ0n) is 16.0. The van der Waals surface area contributed by atoms with Gasteiger partial charge in [0.25, 0.3) is 11.8 Å². The summed E-state index contributed by atoms with van der Waals surface area (Å²) in [6.45, 7) is 0.624. The molecule has 0 spiro atoms. The minimum atomic E-state index is -3.11. The average Bonchev–Trinajstić information content (AvgIpc) is 3.20. The van der Waals surface area contributed by atoms with Gasteiger partial charge in [-0.2, -0.15) is 5.26 Å². The number of nitrogens with zero attached hydrogens (tertiary/aromatic N) is 3. The van der Waals surface area contributed by atoms with Crippen LogP contribution in [0.4, 0.5) is 13.2 Å². The number of nitrogens with one attached hydrogen (secondary N) is 1. The van der Waals surface area contributed by atoms with Crippen molar-refractivity contribution in [2.75, 3.05) is 13.1 Å². The molecule has 3 rings (SSSR count). The number of carbonyl (C=O) groups excluding carboxylic acids is 2. The molecule has 1 saturated heterocycles. The molecule has 1 aromatic carbocycles. The SMILES string of the molecule is Cc1cc(C(=O)NCC(=O)N2CC(F)(F)CC2C#N)cn1Cc1ccc(Br)cc1F. The van der Waals surface area contributed by atoms with E-state index in [-0.39, 0.29) is 17.9 Å². The van der Waals surface area contributed by atoms with Crippen LogP contribution < -0.4 is 5.32 Å². The molecule has 1 aliphatic rings. The van der Waals surface area contributed by atoms with Crippen molar-refractivity contribution in [1.29, 1.82) is 5.26 Å². The summed E-state index contributed by atoms with van der Waals surface area (Å²) in [4.78, 5) is 25.4. The van der Waals surface area contributed by atoms with Gasteiger partial charge in [-0.05, 0) is 25.1 Å². The van der Waals surface area contributed by atoms with Gasteiger partial charge in [0, 0.05) is 28.3 Å². The number of amides is 2. The third-order valence-electron chi connectivity index (χ3n) is 4.87. The van der Waals surface area contributed by atoms with Crippen molar-refractivity contribution < 1.29 is 22.8 Å². The number of alkyl halides is 2. The zero-order chi connectivity index (χ0) is 22.1. The third-order valence-corrected chi connectivity index (χ3v) is 5.36. The minimum absolute atomic E-state index is 0.212. The summed E-state index contributed by atoms with van der Waals surface area (Å²) < 4.78 is 43.3. The monoisotopic (exact) mass is 482 g/mol. The van der Waals surface area contributed by atoms with Crippen molar-refractivity contribution in [2.24, 2.45) is 0 Å². The Labute approximate surface area is 179 Å². The van der Waals surface area contributed by atoms with Crippen LogP contribution in [0.25, 0.3) is 0 Å². The van der Waals surface area contributed by atoms with E-state index in [0.29, 0.717) is 15.7 Å². The van der Waals surface area contributed by atoms with Gasteiger partial charge in [-0.15, -0.1) is 0 Å². The van der Waals surface area contributed by atoms with E-state index < -0.39 is 43.3 Å². The number of rotatable bonds is 5. The number of hydrogen-bond acceptors (Lipinski definition) is 3. The Hall–Kier alpha value is -2.80. The lowest BCUT2D eigenvalue weighted by molar-refractivity contribution is -0.131. The molecule has 2 aromatic rings. The Morgan fingerprint density at radius 2 is 2.10 bits per heavy atom. The normalized spacial score (nSPS) is 17.6. The standard InChI is InChI=1S/C20H18BrF3N4O2/c1-12-4-14(10-27(12)9-13-2-3-15(21)5-17(13)22)19(30)26-8-18(29)28-11-20(23,24)6-16(28)7-25/h2-5,10,16H,6,8-9,11H2,1H3,(H,26,30). The molecular formula is C20H18BrF3N4O2. The van der Waals surface area contributed by atoms with E-state index in [0.717, 1.165) is 4.90 Å². The van der Waals surface area contributed by atoms with Crippen LogP contribution in [0.2, 0.25) is 0 Å². The molecule has 1 atom stereocenters. The molecule has 0 saturated carbocycles. The molecule has 1 aromatic heterocycles. The molecule has 0 bridgehead atoms. The summed E-state index contributed by atoms with van der Waals surface area (Å²) in [6, 6.07) is 6.75. The fraction of sp³-hybridized carbons (Fsp3) is 0.350. The van der Waals surface area contributed by atoms with Crippen molar-refractivity contribution in [1.82, 2.24) is 14.8 Å². The van der Waals surface area contributed by atoms with E-state index in [1.54, 1.807) is 35.8 Å². The summed E-state index contributed by atoms with van der Waals surface area (Å²) in [5.41, 5.74) is 1.40. The quantitative estimate of drug-likeness (QED) is 0.710. The molecule has 1 unspecified atom stereocenters. The van der Waals surface area contributed by atoms with E-state index in [1.165, 1.54) is 12.3 Å². The fourth-order valence-electron chi connectivity index (χ4n) is 3.30. The first-order valence-electron chi connectivity index (χ1n) is 9.05. The van der Waals surface area contributed by atoms with Crippen molar-refractivity contribution in [3.63, 3.8) is 0 Å². The molecule has 158 valence electrons. The Kier molecular flexibility index (Phi) is 6.22. The van der Waals surface area contributed by atoms with Gasteiger partial charge in [0.15, 0.2) is 0 Å². The summed E-state index contributed by atoms with van der Waals surface area (Å²) in [6.07, 6.45) is 0.816. The van der Waals surface area contributed by atoms with Crippen molar-refractivity contribution >= 4 is 27.7 Å². The predicted octanol–water partition coefficient (Wildman–Crippen LogP) is 3.24. The molecule has 0 aliphatic carbocycles. The average molecular weight is 483 g/mol. The molecule has 6 nitrogen and oxygen atoms in total. The van der Waals surface area contributed by atoms with Crippen LogP contribution in [-0.4, -0.2) is 46.3 Å². The lowest BCUT2D eigenvalue weighted by Gasteiger charge is -2.19. The number of likely N-dealkylation sites (tertiary alicyclic amines) is 1. The molecule has 1 aliphatic heterocycles. The van der Waals surface area contributed by atoms with E-state index in [1.807, 2.05) is 0 Å². The second-order valence-electron chi connectivity index (χ2n) is 7.14. The van der Waals surface area contributed by atoms with Crippen LogP contribution in [0, 0.1) is 24.1 Å². The summed E-state index contributed by atoms with van der Waals surface area (Å²) in [5.74, 6) is -4.82. The van der Waals surface area contributed by atoms with Gasteiger partial charge in [0.1, 0.15) is 11.9 Å². The maximum absolute atomic E-state index is 14.1. The molecule has 1 fully saturated rings. The topological polar surface area (TPSA) is 78.1 Å². The van der Waals surface area contributed by atoms with Crippen LogP contribution in [0.15, 0.2) is 34.9 Å². The highest BCUT2D eigenvalue weighted by Crippen LogP contribution is 2.31. The predicted molar refractivity (Wildman–Crippen MR) is 105 cm³/mol. The van der Waals surface area contributed by atoms with E-state index in [2.05, 4.69) is 21.2 Å². The molecule has 2 amide bonds. The van der Waals surface area contributed by atoms with Crippen molar-refractivity contribution in [3.8, 4) is 6.07 Å². The van der Waals surface area contributed by atoms with Gasteiger partial charge in [-0.3, -0.25) is 9.59 Å². The van der Waals surface area contributed by atoms with Gasteiger partial charge >= 0.3 is 0 Å². The lowest BCUT2D eigenvalue weighted by Crippen LogP contribution is -2.42. The number of aryl methyl sites for hydroxylation is 1. The first-order valence-corrected chi connectivity index (χ1v) is 9.85. The first-order chi connectivity index (χ1) is 14.1. The fourth-order valence-corrected chi connectivity index (χ4v) is 3.63. The molecule has 0 radical (unpaired) electrons. The lowest BCUT2D eigenvalue weighted by atomic mass is 10.2. The first kappa shape index (κ1) is 21.9. The largest absolute Gasteiger partial charge is 0.346 e. The van der Waals surface area contributed by atoms with Gasteiger partial charge in [-0.25, -0.2) is 13.2 Å². The Morgan fingerprint density at radius 3 is 2.77 bits per heavy atom. The summed E-state index contributed by atoms with van der Waals surface area (Å²) in [5, 5.41) is 11.4. The van der Waals surface area contributed by atoms with E-state index in [4.69, 9.17) is 5.26 Å². The number of aromatic nitrogens is 1. The Bertz CT molecular complexity index is 1030. The highest BCUT2D eigenvalue weighted by atomic mass is 79.9. The van der Waals surface area contributed by atoms with Crippen LogP contribution in [-0.2, 0) is 11.3 Å². The van der Waals surface area contributed by atoms with E-state index in [9.17, 15) is 22.8 Å². The number of halogens is 4. The van der Waals surface area contributed by atoms with E-state index >= 15 is 0 Å². The Balaban J connectivity index is 1.63. The highest BCUT2D eigenvalue weighted by Gasteiger charge is 2.47. The van der Waals surface area contributed by atoms with Crippen molar-refractivity contribution in [3.05, 3.63) is 57.6 Å². The zero-order valence-corrected chi connectivity index (χ0v) is 17.5. The number of hydrogen-bond donors (Lipinski definition) is 1. The minimum Gasteiger partial charge on any atom is -0.346 e. The maximum atomic E-state index is 14.1. The molecule has 2 heterocycles. The second-order valence-corrected chi connectivity index (χ2v) is 8.06. The number of benzene rings is 1. The van der Waals surface area contributed by atoms with Gasteiger partial charge < -0.3 is 14.8 Å². The summed E-state index contributed by atoms with van der Waals surface area (Å²) >= 11 is 3.20. The van der Waals surface area contributed by atoms with Crippen LogP contribution in [0.1, 0.15) is 28.0 Å². The van der Waals surface area contributed by atoms with Crippen LogP contribution in [0.3, 0.4) is 0 Å². The second kappa shape index (κ2) is 8.52. The van der Waals surface area contributed by atoms with Gasteiger partial charge in [0.05, 0.1) is 31.3 Å². The maximum Gasteiger partial charge on any atom is 0.268 e. The summed E-state index contributed by atoms with van der Waals surface area (Å²) in [7, 11) is 0. The third kappa shape index (κ3) is 4.84. The number of carbonyl (C=O) groups is 2. The van der Waals surface area contributed by atoms with Gasteiger partial charge in [-0.1, -0.05) is 22.0 Å².